The Labute approximate surface area is 92.2 Å². The van der Waals surface area contributed by atoms with Crippen molar-refractivity contribution in [1.82, 2.24) is 0 Å². The third kappa shape index (κ3) is 1.56. The van der Waals surface area contributed by atoms with Gasteiger partial charge in [-0.3, -0.25) is 4.79 Å². The number of hydrogen-bond donors (Lipinski definition) is 0. The zero-order chi connectivity index (χ0) is 11.1. The Hall–Kier alpha value is -1.84. The highest BCUT2D eigenvalue weighted by Gasteiger charge is 2.32. The van der Waals surface area contributed by atoms with Crippen LogP contribution in [-0.4, -0.2) is 11.9 Å². The fraction of sp³-hybridized carbons (Fsp3) is 0.333. The number of cyclic esters (lactones) is 1. The smallest absolute Gasteiger partial charge is 0.339 e. The summed E-state index contributed by atoms with van der Waals surface area (Å²) in [6, 6.07) is 5.03. The lowest BCUT2D eigenvalue weighted by molar-refractivity contribution is -0.135. The molecule has 4 heteroatoms. The number of benzene rings is 1. The summed E-state index contributed by atoms with van der Waals surface area (Å²) < 4.78 is 10.0. The zero-order valence-corrected chi connectivity index (χ0v) is 8.56. The standard InChI is InChI=1S/C12H10O4/c13-11(7-1-2-7)16-9-4-3-8-6-15-12(14)10(8)5-9/h3-5,7H,1-2,6H2. The van der Waals surface area contributed by atoms with E-state index >= 15 is 0 Å². The predicted octanol–water partition coefficient (Wildman–Crippen LogP) is 1.67. The Morgan fingerprint density at radius 2 is 2.19 bits per heavy atom. The number of rotatable bonds is 2. The first-order chi connectivity index (χ1) is 7.74. The molecule has 1 aromatic carbocycles. The molecule has 0 amide bonds. The molecule has 1 fully saturated rings. The molecule has 1 aromatic rings. The van der Waals surface area contributed by atoms with Crippen LogP contribution in [0.2, 0.25) is 0 Å². The maximum Gasteiger partial charge on any atom is 0.339 e. The molecule has 0 N–H and O–H groups in total. The summed E-state index contributed by atoms with van der Waals surface area (Å²) in [6.45, 7) is 0.311. The summed E-state index contributed by atoms with van der Waals surface area (Å²) >= 11 is 0. The maximum absolute atomic E-state index is 11.4. The summed E-state index contributed by atoms with van der Waals surface area (Å²) in [5.41, 5.74) is 1.34. The molecule has 4 nitrogen and oxygen atoms in total. The van der Waals surface area contributed by atoms with Crippen LogP contribution in [0.5, 0.6) is 5.75 Å². The third-order valence-corrected chi connectivity index (χ3v) is 2.79. The zero-order valence-electron chi connectivity index (χ0n) is 8.56. The Balaban J connectivity index is 1.83. The molecule has 1 heterocycles. The molecule has 0 atom stereocenters. The molecule has 82 valence electrons. The van der Waals surface area contributed by atoms with Crippen LogP contribution in [0.3, 0.4) is 0 Å². The average molecular weight is 218 g/mol. The minimum Gasteiger partial charge on any atom is -0.457 e. The molecule has 0 unspecified atom stereocenters. The van der Waals surface area contributed by atoms with E-state index in [0.29, 0.717) is 17.9 Å². The average Bonchev–Trinajstić information content (AvgIpc) is 3.06. The van der Waals surface area contributed by atoms with E-state index in [-0.39, 0.29) is 17.9 Å². The van der Waals surface area contributed by atoms with Gasteiger partial charge in [0.05, 0.1) is 11.5 Å². The Morgan fingerprint density at radius 3 is 2.94 bits per heavy atom. The second-order valence-corrected chi connectivity index (χ2v) is 4.09. The summed E-state index contributed by atoms with van der Waals surface area (Å²) in [4.78, 5) is 22.7. The predicted molar refractivity (Wildman–Crippen MR) is 53.9 cm³/mol. The van der Waals surface area contributed by atoms with E-state index in [2.05, 4.69) is 0 Å². The van der Waals surface area contributed by atoms with Crippen LogP contribution in [0.15, 0.2) is 18.2 Å². The van der Waals surface area contributed by atoms with Gasteiger partial charge in [-0.05, 0) is 25.0 Å². The van der Waals surface area contributed by atoms with E-state index in [1.165, 1.54) is 0 Å². The monoisotopic (exact) mass is 218 g/mol. The fourth-order valence-electron chi connectivity index (χ4n) is 1.67. The second kappa shape index (κ2) is 3.33. The van der Waals surface area contributed by atoms with E-state index in [4.69, 9.17) is 9.47 Å². The molecule has 0 bridgehead atoms. The summed E-state index contributed by atoms with van der Waals surface area (Å²) in [6.07, 6.45) is 1.82. The van der Waals surface area contributed by atoms with Crippen molar-refractivity contribution in [3.63, 3.8) is 0 Å². The molecule has 1 aliphatic carbocycles. The molecular formula is C12H10O4. The SMILES string of the molecule is O=C1OCc2ccc(OC(=O)C3CC3)cc21. The van der Waals surface area contributed by atoms with Crippen LogP contribution in [0.25, 0.3) is 0 Å². The lowest BCUT2D eigenvalue weighted by atomic mass is 10.1. The largest absolute Gasteiger partial charge is 0.457 e. The molecule has 0 saturated heterocycles. The number of carbonyl (C=O) groups excluding carboxylic acids is 2. The molecule has 2 aliphatic rings. The molecule has 0 spiro atoms. The van der Waals surface area contributed by atoms with Gasteiger partial charge in [0, 0.05) is 5.56 Å². The number of fused-ring (bicyclic) bond motifs is 1. The highest BCUT2D eigenvalue weighted by atomic mass is 16.5. The number of hydrogen-bond acceptors (Lipinski definition) is 4. The topological polar surface area (TPSA) is 52.6 Å². The van der Waals surface area contributed by atoms with Crippen LogP contribution in [0, 0.1) is 5.92 Å². The van der Waals surface area contributed by atoms with Crippen molar-refractivity contribution in [2.75, 3.05) is 0 Å². The van der Waals surface area contributed by atoms with Gasteiger partial charge in [-0.2, -0.15) is 0 Å². The van der Waals surface area contributed by atoms with Crippen molar-refractivity contribution in [2.24, 2.45) is 5.92 Å². The Kier molecular flexibility index (Phi) is 1.96. The molecule has 0 radical (unpaired) electrons. The molecule has 3 rings (SSSR count). The van der Waals surface area contributed by atoms with Crippen LogP contribution in [-0.2, 0) is 16.1 Å². The van der Waals surface area contributed by atoms with Crippen molar-refractivity contribution in [1.29, 1.82) is 0 Å². The fourth-order valence-corrected chi connectivity index (χ4v) is 1.67. The number of ether oxygens (including phenoxy) is 2. The normalized spacial score (nSPS) is 17.9. The minimum absolute atomic E-state index is 0.0557. The van der Waals surface area contributed by atoms with Crippen molar-refractivity contribution < 1.29 is 19.1 Å². The van der Waals surface area contributed by atoms with Crippen LogP contribution < -0.4 is 4.74 Å². The van der Waals surface area contributed by atoms with Crippen molar-refractivity contribution >= 4 is 11.9 Å². The molecule has 1 aliphatic heterocycles. The first kappa shape index (κ1) is 9.39. The Bertz CT molecular complexity index is 474. The first-order valence-electron chi connectivity index (χ1n) is 5.26. The summed E-state index contributed by atoms with van der Waals surface area (Å²) in [7, 11) is 0. The van der Waals surface area contributed by atoms with E-state index < -0.39 is 0 Å². The van der Waals surface area contributed by atoms with Crippen molar-refractivity contribution in [3.05, 3.63) is 29.3 Å². The number of carbonyl (C=O) groups is 2. The number of esters is 2. The molecule has 0 aromatic heterocycles. The Morgan fingerprint density at radius 1 is 1.38 bits per heavy atom. The lowest BCUT2D eigenvalue weighted by Gasteiger charge is -2.03. The van der Waals surface area contributed by atoms with Gasteiger partial charge in [-0.15, -0.1) is 0 Å². The van der Waals surface area contributed by atoms with Gasteiger partial charge >= 0.3 is 11.9 Å². The van der Waals surface area contributed by atoms with Crippen LogP contribution >= 0.6 is 0 Å². The third-order valence-electron chi connectivity index (χ3n) is 2.79. The quantitative estimate of drug-likeness (QED) is 0.559. The van der Waals surface area contributed by atoms with Gasteiger partial charge < -0.3 is 9.47 Å². The van der Waals surface area contributed by atoms with Crippen LogP contribution in [0.1, 0.15) is 28.8 Å². The van der Waals surface area contributed by atoms with Gasteiger partial charge in [0.2, 0.25) is 0 Å². The highest BCUT2D eigenvalue weighted by Crippen LogP contribution is 2.31. The van der Waals surface area contributed by atoms with E-state index in [9.17, 15) is 9.59 Å². The van der Waals surface area contributed by atoms with Gasteiger partial charge in [0.25, 0.3) is 0 Å². The molecule has 16 heavy (non-hydrogen) atoms. The molecular weight excluding hydrogens is 208 g/mol. The van der Waals surface area contributed by atoms with Gasteiger partial charge in [-0.1, -0.05) is 6.07 Å². The van der Waals surface area contributed by atoms with Gasteiger partial charge in [-0.25, -0.2) is 4.79 Å². The molecule has 1 saturated carbocycles. The van der Waals surface area contributed by atoms with Crippen LogP contribution in [0.4, 0.5) is 0 Å². The van der Waals surface area contributed by atoms with Gasteiger partial charge in [0.1, 0.15) is 12.4 Å². The lowest BCUT2D eigenvalue weighted by Crippen LogP contribution is -2.10. The van der Waals surface area contributed by atoms with E-state index in [1.54, 1.807) is 18.2 Å². The van der Waals surface area contributed by atoms with Gasteiger partial charge in [0.15, 0.2) is 0 Å². The first-order valence-corrected chi connectivity index (χ1v) is 5.26. The van der Waals surface area contributed by atoms with Crippen molar-refractivity contribution in [2.45, 2.75) is 19.4 Å². The van der Waals surface area contributed by atoms with E-state index in [1.807, 2.05) is 0 Å². The summed E-state index contributed by atoms with van der Waals surface area (Å²) in [5, 5.41) is 0. The summed E-state index contributed by atoms with van der Waals surface area (Å²) in [5.74, 6) is -0.0691. The van der Waals surface area contributed by atoms with Crippen molar-refractivity contribution in [3.8, 4) is 5.75 Å². The minimum atomic E-state index is -0.348. The highest BCUT2D eigenvalue weighted by molar-refractivity contribution is 5.94. The van der Waals surface area contributed by atoms with E-state index in [0.717, 1.165) is 18.4 Å². The maximum atomic E-state index is 11.4. The second-order valence-electron chi connectivity index (χ2n) is 4.09.